The highest BCUT2D eigenvalue weighted by atomic mass is 16.4. The van der Waals surface area contributed by atoms with Crippen molar-refractivity contribution in [3.05, 3.63) is 71.9 Å². The number of benzene rings is 2. The lowest BCUT2D eigenvalue weighted by atomic mass is 9.96. The quantitative estimate of drug-likeness (QED) is 0.0824. The van der Waals surface area contributed by atoms with Gasteiger partial charge in [-0.25, -0.2) is 4.79 Å². The Morgan fingerprint density at radius 3 is 2.00 bits per heavy atom. The molecule has 48 heavy (non-hydrogen) atoms. The van der Waals surface area contributed by atoms with Crippen molar-refractivity contribution in [3.63, 3.8) is 0 Å². The van der Waals surface area contributed by atoms with Crippen LogP contribution in [0.1, 0.15) is 37.8 Å². The summed E-state index contributed by atoms with van der Waals surface area (Å²) in [7, 11) is 0. The van der Waals surface area contributed by atoms with E-state index in [2.05, 4.69) is 26.3 Å². The van der Waals surface area contributed by atoms with Gasteiger partial charge in [-0.2, -0.15) is 0 Å². The van der Waals surface area contributed by atoms with Crippen molar-refractivity contribution in [1.29, 1.82) is 0 Å². The van der Waals surface area contributed by atoms with Gasteiger partial charge in [0.25, 0.3) is 0 Å². The zero-order chi connectivity index (χ0) is 35.4. The highest BCUT2D eigenvalue weighted by molar-refractivity contribution is 5.96. The maximum atomic E-state index is 13.9. The van der Waals surface area contributed by atoms with Gasteiger partial charge in [-0.15, -0.1) is 0 Å². The third-order valence-electron chi connectivity index (χ3n) is 7.99. The van der Waals surface area contributed by atoms with Gasteiger partial charge in [-0.05, 0) is 23.1 Å². The molecule has 3 aromatic rings. The standard InChI is InChI=1S/C33H43N7O8/c1-3-18(2)28(32(46)39-26(33(47)48)15-27(35)42)40-31(45)24(13-19-9-5-4-6-10-19)38-30(44)25(37-29(43)22(34)17-41)14-20-16-36-23-12-8-7-11-21(20)23/h4-12,16,18,22,24-26,28,36,41H,3,13-15,17,34H2,1-2H3,(H2,35,42)(H,37,43)(H,38,44)(H,39,46)(H,40,45)(H,47,48)/t18-,22-,24-,25-,26-,28-/m0/s1. The van der Waals surface area contributed by atoms with Crippen LogP contribution in [-0.4, -0.2) is 87.5 Å². The van der Waals surface area contributed by atoms with E-state index in [1.807, 2.05) is 24.3 Å². The van der Waals surface area contributed by atoms with Gasteiger partial charge in [0.1, 0.15) is 30.2 Å². The number of H-pyrrole nitrogens is 1. The predicted octanol–water partition coefficient (Wildman–Crippen LogP) is -0.782. The first-order valence-electron chi connectivity index (χ1n) is 15.5. The second-order valence-corrected chi connectivity index (χ2v) is 11.6. The van der Waals surface area contributed by atoms with Crippen molar-refractivity contribution in [2.45, 2.75) is 69.7 Å². The van der Waals surface area contributed by atoms with E-state index in [9.17, 15) is 39.0 Å². The summed E-state index contributed by atoms with van der Waals surface area (Å²) in [5.74, 6) is -6.01. The number of rotatable bonds is 18. The summed E-state index contributed by atoms with van der Waals surface area (Å²) in [5.41, 5.74) is 13.0. The smallest absolute Gasteiger partial charge is 0.326 e. The van der Waals surface area contributed by atoms with Gasteiger partial charge < -0.3 is 47.9 Å². The number of aliphatic hydroxyl groups excluding tert-OH is 1. The number of fused-ring (bicyclic) bond motifs is 1. The number of amides is 5. The number of carbonyl (C=O) groups excluding carboxylic acids is 5. The fourth-order valence-electron chi connectivity index (χ4n) is 5.04. The van der Waals surface area contributed by atoms with Gasteiger partial charge in [-0.3, -0.25) is 24.0 Å². The van der Waals surface area contributed by atoms with Gasteiger partial charge >= 0.3 is 5.97 Å². The molecule has 2 aromatic carbocycles. The zero-order valence-electron chi connectivity index (χ0n) is 26.8. The SMILES string of the molecule is CC[C@H](C)[C@H](NC(=O)[C@H](Cc1ccccc1)NC(=O)[C@H](Cc1c[nH]c2ccccc12)NC(=O)[C@@H](N)CO)C(=O)N[C@@H](CC(N)=O)C(=O)O. The number of aliphatic hydroxyl groups is 1. The van der Waals surface area contributed by atoms with E-state index < -0.39 is 84.7 Å². The maximum absolute atomic E-state index is 13.9. The van der Waals surface area contributed by atoms with Crippen LogP contribution < -0.4 is 32.7 Å². The number of para-hydroxylation sites is 1. The third kappa shape index (κ3) is 10.4. The van der Waals surface area contributed by atoms with Crippen molar-refractivity contribution < 1.29 is 39.0 Å². The number of primary amides is 1. The summed E-state index contributed by atoms with van der Waals surface area (Å²) in [5, 5.41) is 29.9. The Kier molecular flexibility index (Phi) is 13.6. The Hall–Kier alpha value is -5.28. The monoisotopic (exact) mass is 665 g/mol. The number of hydrogen-bond acceptors (Lipinski definition) is 8. The summed E-state index contributed by atoms with van der Waals surface area (Å²) >= 11 is 0. The van der Waals surface area contributed by atoms with E-state index >= 15 is 0 Å². The highest BCUT2D eigenvalue weighted by Gasteiger charge is 2.34. The molecule has 0 aliphatic carbocycles. The number of aromatic amines is 1. The number of hydrogen-bond donors (Lipinski definition) is 9. The van der Waals surface area contributed by atoms with Crippen molar-refractivity contribution in [1.82, 2.24) is 26.3 Å². The first-order chi connectivity index (χ1) is 22.8. The van der Waals surface area contributed by atoms with Crippen LogP contribution >= 0.6 is 0 Å². The zero-order valence-corrected chi connectivity index (χ0v) is 26.8. The number of aromatic nitrogens is 1. The lowest BCUT2D eigenvalue weighted by molar-refractivity contribution is -0.144. The summed E-state index contributed by atoms with van der Waals surface area (Å²) in [6, 6.07) is 9.52. The maximum Gasteiger partial charge on any atom is 0.326 e. The molecule has 0 fully saturated rings. The predicted molar refractivity (Wildman–Crippen MR) is 176 cm³/mol. The molecule has 0 saturated heterocycles. The minimum absolute atomic E-state index is 0.00338. The fraction of sp³-hybridized carbons (Fsp3) is 0.394. The van der Waals surface area contributed by atoms with Crippen LogP contribution in [0.5, 0.6) is 0 Å². The number of nitrogens with one attached hydrogen (secondary N) is 5. The number of carboxylic acids is 1. The molecule has 11 N–H and O–H groups in total. The third-order valence-corrected chi connectivity index (χ3v) is 7.99. The molecule has 0 aliphatic heterocycles. The molecule has 6 atom stereocenters. The largest absolute Gasteiger partial charge is 0.480 e. The minimum Gasteiger partial charge on any atom is -0.480 e. The topological polar surface area (TPSA) is 259 Å². The lowest BCUT2D eigenvalue weighted by Gasteiger charge is -2.28. The van der Waals surface area contributed by atoms with Crippen LogP contribution in [0.25, 0.3) is 10.9 Å². The van der Waals surface area contributed by atoms with Crippen LogP contribution in [0.15, 0.2) is 60.8 Å². The molecule has 15 heteroatoms. The van der Waals surface area contributed by atoms with Crippen molar-refractivity contribution >= 4 is 46.4 Å². The molecule has 0 unspecified atom stereocenters. The lowest BCUT2D eigenvalue weighted by Crippen LogP contribution is -2.60. The highest BCUT2D eigenvalue weighted by Crippen LogP contribution is 2.19. The summed E-state index contributed by atoms with van der Waals surface area (Å²) in [6.45, 7) is 2.79. The van der Waals surface area contributed by atoms with Crippen molar-refractivity contribution in [2.24, 2.45) is 17.4 Å². The van der Waals surface area contributed by atoms with Crippen LogP contribution in [0.3, 0.4) is 0 Å². The van der Waals surface area contributed by atoms with Gasteiger partial charge in [-0.1, -0.05) is 68.8 Å². The number of carboxylic acid groups (broad SMARTS) is 1. The molecule has 0 aliphatic rings. The van der Waals surface area contributed by atoms with Gasteiger partial charge in [0, 0.05) is 29.9 Å². The second-order valence-electron chi connectivity index (χ2n) is 11.6. The van der Waals surface area contributed by atoms with Crippen LogP contribution in [0, 0.1) is 5.92 Å². The first kappa shape index (κ1) is 37.2. The van der Waals surface area contributed by atoms with E-state index in [1.54, 1.807) is 50.4 Å². The molecular weight excluding hydrogens is 622 g/mol. The molecule has 5 amide bonds. The van der Waals surface area contributed by atoms with Gasteiger partial charge in [0.15, 0.2) is 0 Å². The molecule has 0 bridgehead atoms. The van der Waals surface area contributed by atoms with E-state index in [0.29, 0.717) is 17.5 Å². The normalized spacial score (nSPS) is 14.8. The molecule has 0 saturated carbocycles. The number of carbonyl (C=O) groups is 6. The molecule has 3 rings (SSSR count). The summed E-state index contributed by atoms with van der Waals surface area (Å²) < 4.78 is 0. The Balaban J connectivity index is 1.91. The van der Waals surface area contributed by atoms with E-state index in [4.69, 9.17) is 11.5 Å². The van der Waals surface area contributed by atoms with Gasteiger partial charge in [0.05, 0.1) is 13.0 Å². The molecule has 1 aromatic heterocycles. The average molecular weight is 666 g/mol. The molecule has 15 nitrogen and oxygen atoms in total. The molecule has 0 radical (unpaired) electrons. The van der Waals surface area contributed by atoms with Crippen LogP contribution in [-0.2, 0) is 41.6 Å². The van der Waals surface area contributed by atoms with Crippen molar-refractivity contribution in [3.8, 4) is 0 Å². The van der Waals surface area contributed by atoms with E-state index in [-0.39, 0.29) is 12.8 Å². The molecule has 1 heterocycles. The minimum atomic E-state index is -1.61. The fourth-order valence-corrected chi connectivity index (χ4v) is 5.04. The summed E-state index contributed by atoms with van der Waals surface area (Å²) in [4.78, 5) is 79.9. The first-order valence-corrected chi connectivity index (χ1v) is 15.5. The number of nitrogens with two attached hydrogens (primary N) is 2. The second kappa shape index (κ2) is 17.6. The van der Waals surface area contributed by atoms with Crippen LogP contribution in [0.2, 0.25) is 0 Å². The van der Waals surface area contributed by atoms with Gasteiger partial charge in [0.2, 0.25) is 29.5 Å². The molecule has 0 spiro atoms. The van der Waals surface area contributed by atoms with E-state index in [0.717, 1.165) is 10.9 Å². The van der Waals surface area contributed by atoms with E-state index in [1.165, 1.54) is 0 Å². The Morgan fingerprint density at radius 1 is 0.792 bits per heavy atom. The molecule has 258 valence electrons. The molecular formula is C33H43N7O8. The summed E-state index contributed by atoms with van der Waals surface area (Å²) in [6.07, 6.45) is 1.46. The Bertz CT molecular complexity index is 1590. The van der Waals surface area contributed by atoms with Crippen molar-refractivity contribution in [2.75, 3.05) is 6.61 Å². The Labute approximate surface area is 277 Å². The number of aliphatic carboxylic acids is 1. The average Bonchev–Trinajstić information content (AvgIpc) is 3.47. The Morgan fingerprint density at radius 2 is 1.38 bits per heavy atom. The van der Waals surface area contributed by atoms with Crippen LogP contribution in [0.4, 0.5) is 0 Å².